The lowest BCUT2D eigenvalue weighted by Crippen LogP contribution is -1.98. The lowest BCUT2D eigenvalue weighted by molar-refractivity contribution is 0.101. The molecule has 2 aromatic carbocycles. The lowest BCUT2D eigenvalue weighted by atomic mass is 10.1. The van der Waals surface area contributed by atoms with Crippen molar-refractivity contribution in [2.24, 2.45) is 0 Å². The fourth-order valence-electron chi connectivity index (χ4n) is 2.14. The van der Waals surface area contributed by atoms with E-state index >= 15 is 0 Å². The highest BCUT2D eigenvalue weighted by Crippen LogP contribution is 2.41. The second kappa shape index (κ2) is 4.59. The van der Waals surface area contributed by atoms with Crippen molar-refractivity contribution in [3.05, 3.63) is 41.2 Å². The van der Waals surface area contributed by atoms with Crippen LogP contribution in [0.5, 0.6) is 34.5 Å². The third kappa shape index (κ3) is 2.05. The Kier molecular flexibility index (Phi) is 2.84. The summed E-state index contributed by atoms with van der Waals surface area (Å²) in [4.78, 5) is 12.2. The van der Waals surface area contributed by atoms with Gasteiger partial charge in [-0.15, -0.1) is 0 Å². The minimum Gasteiger partial charge on any atom is -0.508 e. The number of ether oxygens (including phenoxy) is 1. The predicted octanol–water partition coefficient (Wildman–Crippen LogP) is 1.83. The molecule has 0 aliphatic carbocycles. The van der Waals surface area contributed by atoms with Gasteiger partial charge in [0.15, 0.2) is 23.0 Å². The molecule has 0 saturated carbocycles. The fourth-order valence-corrected chi connectivity index (χ4v) is 2.14. The van der Waals surface area contributed by atoms with Gasteiger partial charge in [0.05, 0.1) is 0 Å². The summed E-state index contributed by atoms with van der Waals surface area (Å²) in [6.45, 7) is 0. The predicted molar refractivity (Wildman–Crippen MR) is 74.1 cm³/mol. The van der Waals surface area contributed by atoms with E-state index in [4.69, 9.17) is 4.74 Å². The number of fused-ring (bicyclic) bond motifs is 1. The van der Waals surface area contributed by atoms with Gasteiger partial charge in [0.2, 0.25) is 5.78 Å². The van der Waals surface area contributed by atoms with E-state index in [2.05, 4.69) is 0 Å². The van der Waals surface area contributed by atoms with Gasteiger partial charge in [-0.1, -0.05) is 0 Å². The van der Waals surface area contributed by atoms with Gasteiger partial charge in [-0.2, -0.15) is 0 Å². The molecule has 1 aliphatic heterocycles. The minimum atomic E-state index is -0.674. The summed E-state index contributed by atoms with van der Waals surface area (Å²) in [5.74, 6) is -3.25. The number of allylic oxidation sites excluding steroid dienone is 1. The number of ketones is 1. The van der Waals surface area contributed by atoms with Crippen LogP contribution in [0.25, 0.3) is 6.08 Å². The molecule has 2 aromatic rings. The van der Waals surface area contributed by atoms with Crippen LogP contribution < -0.4 is 4.74 Å². The maximum atomic E-state index is 12.2. The Labute approximate surface area is 123 Å². The molecule has 1 heterocycles. The number of benzene rings is 2. The first-order valence-corrected chi connectivity index (χ1v) is 6.12. The summed E-state index contributed by atoms with van der Waals surface area (Å²) >= 11 is 0. The van der Waals surface area contributed by atoms with Crippen molar-refractivity contribution in [2.75, 3.05) is 0 Å². The zero-order valence-electron chi connectivity index (χ0n) is 10.9. The largest absolute Gasteiger partial charge is 0.508 e. The van der Waals surface area contributed by atoms with Gasteiger partial charge in [-0.25, -0.2) is 0 Å². The van der Waals surface area contributed by atoms with Crippen molar-refractivity contribution < 1.29 is 35.1 Å². The molecule has 0 aromatic heterocycles. The molecule has 3 rings (SSSR count). The number of aromatic hydroxyl groups is 5. The van der Waals surface area contributed by atoms with E-state index in [1.807, 2.05) is 0 Å². The standard InChI is InChI=1S/C15H10O7/c16-7-4-8(17)13-11(5-7)22-12(15(13)21)3-6-1-9(18)14(20)10(19)2-6/h1-5,16-20H. The van der Waals surface area contributed by atoms with E-state index in [0.29, 0.717) is 0 Å². The Morgan fingerprint density at radius 1 is 0.864 bits per heavy atom. The SMILES string of the molecule is O=C1C(=Cc2cc(O)c(O)c(O)c2)Oc2cc(O)cc(O)c21. The maximum Gasteiger partial charge on any atom is 0.235 e. The van der Waals surface area contributed by atoms with Crippen molar-refractivity contribution in [1.29, 1.82) is 0 Å². The van der Waals surface area contributed by atoms with Crippen LogP contribution >= 0.6 is 0 Å². The average Bonchev–Trinajstić information content (AvgIpc) is 2.72. The number of Topliss-reactive ketones (excluding diaryl/α,β-unsaturated/α-hetero) is 1. The Balaban J connectivity index is 2.05. The molecule has 0 saturated heterocycles. The van der Waals surface area contributed by atoms with Gasteiger partial charge in [-0.05, 0) is 23.8 Å². The van der Waals surface area contributed by atoms with Gasteiger partial charge in [0, 0.05) is 12.1 Å². The molecule has 7 heteroatoms. The number of phenolic OH excluding ortho intramolecular Hbond substituents is 5. The first-order valence-electron chi connectivity index (χ1n) is 6.12. The molecule has 5 N–H and O–H groups in total. The van der Waals surface area contributed by atoms with Crippen LogP contribution in [0.1, 0.15) is 15.9 Å². The third-order valence-electron chi connectivity index (χ3n) is 3.13. The van der Waals surface area contributed by atoms with Gasteiger partial charge >= 0.3 is 0 Å². The summed E-state index contributed by atoms with van der Waals surface area (Å²) in [5.41, 5.74) is 0.115. The average molecular weight is 302 g/mol. The highest BCUT2D eigenvalue weighted by atomic mass is 16.5. The van der Waals surface area contributed by atoms with Crippen LogP contribution in [-0.4, -0.2) is 31.3 Å². The molecule has 1 aliphatic rings. The number of carbonyl (C=O) groups is 1. The van der Waals surface area contributed by atoms with Gasteiger partial charge < -0.3 is 30.3 Å². The molecule has 0 unspecified atom stereocenters. The summed E-state index contributed by atoms with van der Waals surface area (Å²) < 4.78 is 5.26. The summed E-state index contributed by atoms with van der Waals surface area (Å²) in [6.07, 6.45) is 1.22. The van der Waals surface area contributed by atoms with E-state index in [1.54, 1.807) is 0 Å². The summed E-state index contributed by atoms with van der Waals surface area (Å²) in [6, 6.07) is 4.44. The number of phenols is 5. The molecule has 0 atom stereocenters. The first kappa shape index (κ1) is 13.6. The molecular formula is C15H10O7. The van der Waals surface area contributed by atoms with E-state index in [1.165, 1.54) is 12.1 Å². The van der Waals surface area contributed by atoms with E-state index < -0.39 is 28.8 Å². The topological polar surface area (TPSA) is 127 Å². The quantitative estimate of drug-likeness (QED) is 0.401. The second-order valence-corrected chi connectivity index (χ2v) is 4.69. The van der Waals surface area contributed by atoms with Crippen molar-refractivity contribution in [3.63, 3.8) is 0 Å². The number of hydrogen-bond donors (Lipinski definition) is 5. The summed E-state index contributed by atoms with van der Waals surface area (Å²) in [7, 11) is 0. The normalized spacial score (nSPS) is 14.9. The lowest BCUT2D eigenvalue weighted by Gasteiger charge is -2.03. The molecule has 0 fully saturated rings. The summed E-state index contributed by atoms with van der Waals surface area (Å²) in [5, 5.41) is 47.2. The van der Waals surface area contributed by atoms with E-state index in [9.17, 15) is 30.3 Å². The van der Waals surface area contributed by atoms with Gasteiger partial charge in [-0.3, -0.25) is 4.79 Å². The molecule has 112 valence electrons. The van der Waals surface area contributed by atoms with Crippen LogP contribution in [0.15, 0.2) is 30.0 Å². The van der Waals surface area contributed by atoms with Crippen molar-refractivity contribution in [1.82, 2.24) is 0 Å². The van der Waals surface area contributed by atoms with Crippen LogP contribution in [0.3, 0.4) is 0 Å². The number of hydrogen-bond acceptors (Lipinski definition) is 7. The zero-order valence-corrected chi connectivity index (χ0v) is 10.9. The third-order valence-corrected chi connectivity index (χ3v) is 3.13. The number of rotatable bonds is 1. The van der Waals surface area contributed by atoms with Crippen molar-refractivity contribution in [2.45, 2.75) is 0 Å². The van der Waals surface area contributed by atoms with Crippen LogP contribution in [0, 0.1) is 0 Å². The Morgan fingerprint density at radius 2 is 1.50 bits per heavy atom. The molecule has 22 heavy (non-hydrogen) atoms. The van der Waals surface area contributed by atoms with Crippen molar-refractivity contribution >= 4 is 11.9 Å². The molecule has 0 radical (unpaired) electrons. The molecule has 7 nitrogen and oxygen atoms in total. The molecule has 0 spiro atoms. The zero-order chi connectivity index (χ0) is 16.0. The van der Waals surface area contributed by atoms with Crippen LogP contribution in [0.4, 0.5) is 0 Å². The Hall–Kier alpha value is -3.35. The van der Waals surface area contributed by atoms with E-state index in [0.717, 1.165) is 18.2 Å². The van der Waals surface area contributed by atoms with Crippen LogP contribution in [0.2, 0.25) is 0 Å². The molecular weight excluding hydrogens is 292 g/mol. The Bertz CT molecular complexity index is 813. The first-order chi connectivity index (χ1) is 10.4. The highest BCUT2D eigenvalue weighted by molar-refractivity contribution is 6.16. The smallest absolute Gasteiger partial charge is 0.235 e. The number of carbonyl (C=O) groups excluding carboxylic acids is 1. The second-order valence-electron chi connectivity index (χ2n) is 4.69. The highest BCUT2D eigenvalue weighted by Gasteiger charge is 2.31. The fraction of sp³-hybridized carbons (Fsp3) is 0. The van der Waals surface area contributed by atoms with Gasteiger partial charge in [0.25, 0.3) is 0 Å². The van der Waals surface area contributed by atoms with Gasteiger partial charge in [0.1, 0.15) is 22.8 Å². The Morgan fingerprint density at radius 3 is 2.14 bits per heavy atom. The monoisotopic (exact) mass is 302 g/mol. The molecule has 0 bridgehead atoms. The minimum absolute atomic E-state index is 0.000900. The van der Waals surface area contributed by atoms with Crippen LogP contribution in [-0.2, 0) is 0 Å². The van der Waals surface area contributed by atoms with Crippen molar-refractivity contribution in [3.8, 4) is 34.5 Å². The molecule has 0 amide bonds. The van der Waals surface area contributed by atoms with E-state index in [-0.39, 0.29) is 28.4 Å². The maximum absolute atomic E-state index is 12.2.